The van der Waals surface area contributed by atoms with Gasteiger partial charge in [-0.25, -0.2) is 8.78 Å². The molecule has 2 aromatic carbocycles. The lowest BCUT2D eigenvalue weighted by atomic mass is 10.0. The fourth-order valence-electron chi connectivity index (χ4n) is 3.26. The third-order valence-electron chi connectivity index (χ3n) is 4.72. The minimum atomic E-state index is -0.350. The zero-order valence-corrected chi connectivity index (χ0v) is 15.9. The van der Waals surface area contributed by atoms with Crippen LogP contribution in [-0.4, -0.2) is 27.1 Å². The second-order valence-electron chi connectivity index (χ2n) is 6.48. The van der Waals surface area contributed by atoms with Gasteiger partial charge in [0.2, 0.25) is 5.91 Å². The molecule has 0 bridgehead atoms. The van der Waals surface area contributed by atoms with Crippen LogP contribution in [0.25, 0.3) is 11.1 Å². The van der Waals surface area contributed by atoms with Crippen LogP contribution in [0.4, 0.5) is 8.78 Å². The molecule has 1 amide bonds. The van der Waals surface area contributed by atoms with Gasteiger partial charge in [0.1, 0.15) is 11.6 Å². The lowest BCUT2D eigenvalue weighted by Crippen LogP contribution is -2.39. The molecule has 1 aromatic heterocycles. The van der Waals surface area contributed by atoms with Crippen molar-refractivity contribution in [2.45, 2.75) is 19.5 Å². The molecule has 0 aliphatic carbocycles. The Labute approximate surface area is 163 Å². The Kier molecular flexibility index (Phi) is 4.78. The van der Waals surface area contributed by atoms with Crippen LogP contribution < -0.4 is 0 Å². The summed E-state index contributed by atoms with van der Waals surface area (Å²) in [5.41, 5.74) is 3.46. The summed E-state index contributed by atoms with van der Waals surface area (Å²) < 4.78 is 28.8. The third-order valence-corrected chi connectivity index (χ3v) is 5.33. The van der Waals surface area contributed by atoms with Crippen LogP contribution in [0.3, 0.4) is 0 Å². The van der Waals surface area contributed by atoms with E-state index in [1.807, 2.05) is 4.68 Å². The molecule has 0 N–H and O–H groups in total. The van der Waals surface area contributed by atoms with Crippen molar-refractivity contribution in [1.29, 1.82) is 0 Å². The topological polar surface area (TPSA) is 38.1 Å². The van der Waals surface area contributed by atoms with Crippen LogP contribution in [0.1, 0.15) is 11.3 Å². The highest BCUT2D eigenvalue weighted by atomic mass is 79.9. The van der Waals surface area contributed by atoms with E-state index in [0.717, 1.165) is 22.4 Å². The molecular formula is C20H16BrF2N3O. The number of aromatic nitrogens is 2. The van der Waals surface area contributed by atoms with E-state index in [1.54, 1.807) is 35.4 Å². The molecule has 1 aliphatic rings. The first-order valence-electron chi connectivity index (χ1n) is 8.53. The van der Waals surface area contributed by atoms with Crippen LogP contribution in [-0.2, 0) is 24.3 Å². The van der Waals surface area contributed by atoms with Crippen LogP contribution in [0.15, 0.2) is 53.1 Å². The van der Waals surface area contributed by atoms with E-state index in [0.29, 0.717) is 24.1 Å². The zero-order valence-electron chi connectivity index (χ0n) is 14.3. The molecule has 2 heterocycles. The van der Waals surface area contributed by atoms with Gasteiger partial charge in [0.05, 0.1) is 35.9 Å². The van der Waals surface area contributed by atoms with E-state index in [1.165, 1.54) is 18.2 Å². The van der Waals surface area contributed by atoms with Crippen molar-refractivity contribution >= 4 is 21.8 Å². The minimum Gasteiger partial charge on any atom is -0.335 e. The molecule has 0 fully saturated rings. The highest BCUT2D eigenvalue weighted by Gasteiger charge is 2.24. The summed E-state index contributed by atoms with van der Waals surface area (Å²) in [6, 6.07) is 10.9. The Bertz CT molecular complexity index is 1000. The van der Waals surface area contributed by atoms with Crippen LogP contribution in [0, 0.1) is 11.6 Å². The van der Waals surface area contributed by atoms with Crippen molar-refractivity contribution in [1.82, 2.24) is 14.7 Å². The molecule has 4 rings (SSSR count). The highest BCUT2D eigenvalue weighted by Crippen LogP contribution is 2.27. The van der Waals surface area contributed by atoms with Crippen LogP contribution in [0.2, 0.25) is 0 Å². The van der Waals surface area contributed by atoms with Crippen molar-refractivity contribution < 1.29 is 13.6 Å². The van der Waals surface area contributed by atoms with E-state index >= 15 is 0 Å². The van der Waals surface area contributed by atoms with Crippen LogP contribution in [0.5, 0.6) is 0 Å². The molecular weight excluding hydrogens is 416 g/mol. The lowest BCUT2D eigenvalue weighted by molar-refractivity contribution is -0.131. The predicted octanol–water partition coefficient (Wildman–Crippen LogP) is 4.18. The molecule has 3 aromatic rings. The monoisotopic (exact) mass is 431 g/mol. The average Bonchev–Trinajstić information content (AvgIpc) is 3.08. The van der Waals surface area contributed by atoms with E-state index in [2.05, 4.69) is 21.0 Å². The molecule has 0 atom stereocenters. The molecule has 0 unspecified atom stereocenters. The number of benzene rings is 2. The van der Waals surface area contributed by atoms with Gasteiger partial charge in [0.25, 0.3) is 0 Å². The number of hydrogen-bond donors (Lipinski definition) is 0. The molecule has 0 spiro atoms. The third kappa shape index (κ3) is 3.64. The summed E-state index contributed by atoms with van der Waals surface area (Å²) >= 11 is 3.15. The Balaban J connectivity index is 1.53. The fraction of sp³-hybridized carbons (Fsp3) is 0.200. The molecule has 0 radical (unpaired) electrons. The second-order valence-corrected chi connectivity index (χ2v) is 7.33. The quantitative estimate of drug-likeness (QED) is 0.623. The van der Waals surface area contributed by atoms with Gasteiger partial charge in [-0.15, -0.1) is 0 Å². The first-order chi connectivity index (χ1) is 13.0. The van der Waals surface area contributed by atoms with E-state index in [-0.39, 0.29) is 24.0 Å². The maximum Gasteiger partial charge on any atom is 0.227 e. The SMILES string of the molecule is O=C(Cc1ccc(F)c(Br)c1)N1CCn2ncc(-c3ccc(F)cc3)c2C1. The van der Waals surface area contributed by atoms with Crippen molar-refractivity contribution in [3.63, 3.8) is 0 Å². The van der Waals surface area contributed by atoms with Gasteiger partial charge < -0.3 is 4.90 Å². The largest absolute Gasteiger partial charge is 0.335 e. The van der Waals surface area contributed by atoms with Crippen molar-refractivity contribution in [2.75, 3.05) is 6.54 Å². The number of nitrogens with zero attached hydrogens (tertiary/aromatic N) is 3. The number of hydrogen-bond acceptors (Lipinski definition) is 2. The number of fused-ring (bicyclic) bond motifs is 1. The summed E-state index contributed by atoms with van der Waals surface area (Å²) in [5.74, 6) is -0.662. The van der Waals surface area contributed by atoms with E-state index < -0.39 is 0 Å². The van der Waals surface area contributed by atoms with Gasteiger partial charge in [-0.3, -0.25) is 9.48 Å². The first-order valence-corrected chi connectivity index (χ1v) is 9.33. The van der Waals surface area contributed by atoms with Gasteiger partial charge in [-0.2, -0.15) is 5.10 Å². The molecule has 7 heteroatoms. The Morgan fingerprint density at radius 1 is 1.11 bits per heavy atom. The lowest BCUT2D eigenvalue weighted by Gasteiger charge is -2.28. The average molecular weight is 432 g/mol. The number of rotatable bonds is 3. The maximum absolute atomic E-state index is 13.4. The summed E-state index contributed by atoms with van der Waals surface area (Å²) in [6.07, 6.45) is 1.96. The standard InChI is InChI=1S/C20H16BrF2N3O/c21-17-9-13(1-6-18(17)23)10-20(27)25-7-8-26-19(12-25)16(11-24-26)14-2-4-15(22)5-3-14/h1-6,9,11H,7-8,10,12H2. The smallest absolute Gasteiger partial charge is 0.227 e. The number of carbonyl (C=O) groups excluding carboxylic acids is 1. The first kappa shape index (κ1) is 17.9. The maximum atomic E-state index is 13.4. The summed E-state index contributed by atoms with van der Waals surface area (Å²) in [7, 11) is 0. The molecule has 0 saturated carbocycles. The Morgan fingerprint density at radius 3 is 2.63 bits per heavy atom. The zero-order chi connectivity index (χ0) is 19.0. The Morgan fingerprint density at radius 2 is 1.89 bits per heavy atom. The Hall–Kier alpha value is -2.54. The van der Waals surface area contributed by atoms with Gasteiger partial charge in [-0.05, 0) is 51.3 Å². The normalized spacial score (nSPS) is 13.5. The summed E-state index contributed by atoms with van der Waals surface area (Å²) in [4.78, 5) is 14.5. The van der Waals surface area contributed by atoms with Gasteiger partial charge in [-0.1, -0.05) is 18.2 Å². The van der Waals surface area contributed by atoms with Crippen molar-refractivity contribution in [2.24, 2.45) is 0 Å². The second kappa shape index (κ2) is 7.23. The number of amides is 1. The number of halogens is 3. The van der Waals surface area contributed by atoms with E-state index in [9.17, 15) is 13.6 Å². The number of carbonyl (C=O) groups is 1. The predicted molar refractivity (Wildman–Crippen MR) is 101 cm³/mol. The van der Waals surface area contributed by atoms with Gasteiger partial charge in [0.15, 0.2) is 0 Å². The summed E-state index contributed by atoms with van der Waals surface area (Å²) in [6.45, 7) is 1.61. The fourth-order valence-corrected chi connectivity index (χ4v) is 3.69. The molecule has 0 saturated heterocycles. The molecule has 27 heavy (non-hydrogen) atoms. The van der Waals surface area contributed by atoms with Crippen molar-refractivity contribution in [3.8, 4) is 11.1 Å². The van der Waals surface area contributed by atoms with Crippen molar-refractivity contribution in [3.05, 3.63) is 76.0 Å². The minimum absolute atomic E-state index is 0.0222. The molecule has 138 valence electrons. The van der Waals surface area contributed by atoms with E-state index in [4.69, 9.17) is 0 Å². The highest BCUT2D eigenvalue weighted by molar-refractivity contribution is 9.10. The van der Waals surface area contributed by atoms with Crippen LogP contribution >= 0.6 is 15.9 Å². The molecule has 4 nitrogen and oxygen atoms in total. The summed E-state index contributed by atoms with van der Waals surface area (Å²) in [5, 5.41) is 4.39. The van der Waals surface area contributed by atoms with Gasteiger partial charge >= 0.3 is 0 Å². The molecule has 1 aliphatic heterocycles. The van der Waals surface area contributed by atoms with Gasteiger partial charge in [0, 0.05) is 12.1 Å².